The van der Waals surface area contributed by atoms with Crippen molar-refractivity contribution >= 4 is 11.6 Å². The van der Waals surface area contributed by atoms with Gasteiger partial charge in [0.05, 0.1) is 24.2 Å². The summed E-state index contributed by atoms with van der Waals surface area (Å²) in [6.45, 7) is 3.49. The van der Waals surface area contributed by atoms with Crippen molar-refractivity contribution in [1.82, 2.24) is 0 Å². The lowest BCUT2D eigenvalue weighted by Gasteiger charge is -2.43. The van der Waals surface area contributed by atoms with E-state index in [1.165, 1.54) is 0 Å². The molecule has 0 spiro atoms. The van der Waals surface area contributed by atoms with Crippen LogP contribution in [0.15, 0.2) is 0 Å². The Morgan fingerprint density at radius 2 is 1.42 bits per heavy atom. The van der Waals surface area contributed by atoms with Gasteiger partial charge in [-0.2, -0.15) is 0 Å². The van der Waals surface area contributed by atoms with Crippen LogP contribution in [0.2, 0.25) is 0 Å². The second kappa shape index (κ2) is 5.31. The van der Waals surface area contributed by atoms with Crippen LogP contribution in [0.3, 0.4) is 0 Å². The Balaban J connectivity index is 2.23. The molecule has 0 aliphatic heterocycles. The standard InChI is InChI=1S/C14H22O5/c1-6-3-8(15)5-9(12(6)17)11-10(16)4-7(2)13(18)14(11)19/h6-7,9,11-14,17-19H,3-5H2,1-2H3/t6-,7-,9-,11?,12+,13+,14?/m1/s1. The number of carbonyl (C=O) groups is 2. The first kappa shape index (κ1) is 14.6. The first-order valence-corrected chi connectivity index (χ1v) is 6.91. The molecule has 0 amide bonds. The molecule has 0 radical (unpaired) electrons. The van der Waals surface area contributed by atoms with Crippen LogP contribution in [-0.4, -0.2) is 45.2 Å². The molecule has 2 fully saturated rings. The fourth-order valence-electron chi connectivity index (χ4n) is 3.51. The van der Waals surface area contributed by atoms with Gasteiger partial charge in [-0.05, 0) is 11.8 Å². The van der Waals surface area contributed by atoms with Crippen molar-refractivity contribution in [3.63, 3.8) is 0 Å². The van der Waals surface area contributed by atoms with Gasteiger partial charge in [0.15, 0.2) is 0 Å². The summed E-state index contributed by atoms with van der Waals surface area (Å²) in [7, 11) is 0. The smallest absolute Gasteiger partial charge is 0.139 e. The van der Waals surface area contributed by atoms with Gasteiger partial charge in [0.25, 0.3) is 0 Å². The Bertz CT molecular complexity index is 380. The van der Waals surface area contributed by atoms with E-state index in [9.17, 15) is 24.9 Å². The van der Waals surface area contributed by atoms with E-state index < -0.39 is 30.1 Å². The highest BCUT2D eigenvalue weighted by Gasteiger charge is 2.49. The topological polar surface area (TPSA) is 94.8 Å². The highest BCUT2D eigenvalue weighted by atomic mass is 16.3. The number of carbonyl (C=O) groups excluding carboxylic acids is 2. The number of aliphatic hydroxyl groups excluding tert-OH is 3. The van der Waals surface area contributed by atoms with Gasteiger partial charge in [-0.15, -0.1) is 0 Å². The van der Waals surface area contributed by atoms with Crippen LogP contribution in [0.25, 0.3) is 0 Å². The molecule has 108 valence electrons. The van der Waals surface area contributed by atoms with Gasteiger partial charge in [-0.1, -0.05) is 13.8 Å². The van der Waals surface area contributed by atoms with E-state index in [4.69, 9.17) is 0 Å². The predicted octanol–water partition coefficient (Wildman–Crippen LogP) is -0.0906. The van der Waals surface area contributed by atoms with Gasteiger partial charge in [0.1, 0.15) is 11.6 Å². The maximum absolute atomic E-state index is 12.1. The van der Waals surface area contributed by atoms with Gasteiger partial charge in [-0.3, -0.25) is 9.59 Å². The van der Waals surface area contributed by atoms with Crippen LogP contribution in [-0.2, 0) is 9.59 Å². The maximum atomic E-state index is 12.1. The second-order valence-electron chi connectivity index (χ2n) is 6.23. The second-order valence-corrected chi connectivity index (χ2v) is 6.23. The molecule has 5 heteroatoms. The Labute approximate surface area is 112 Å². The van der Waals surface area contributed by atoms with Gasteiger partial charge in [-0.25, -0.2) is 0 Å². The monoisotopic (exact) mass is 270 g/mol. The zero-order chi connectivity index (χ0) is 14.3. The maximum Gasteiger partial charge on any atom is 0.139 e. The molecule has 0 aromatic carbocycles. The third kappa shape index (κ3) is 2.59. The molecule has 2 aliphatic carbocycles. The van der Waals surface area contributed by atoms with E-state index in [1.807, 2.05) is 0 Å². The molecule has 0 aromatic rings. The fraction of sp³-hybridized carbons (Fsp3) is 0.857. The molecule has 5 nitrogen and oxygen atoms in total. The molecule has 0 aromatic heterocycles. The first-order valence-electron chi connectivity index (χ1n) is 6.91. The lowest BCUT2D eigenvalue weighted by molar-refractivity contribution is -0.157. The number of aliphatic hydroxyl groups is 3. The molecule has 0 heterocycles. The highest BCUT2D eigenvalue weighted by molar-refractivity contribution is 5.85. The summed E-state index contributed by atoms with van der Waals surface area (Å²) in [4.78, 5) is 23.8. The van der Waals surface area contributed by atoms with Crippen molar-refractivity contribution in [2.45, 2.75) is 51.4 Å². The van der Waals surface area contributed by atoms with Gasteiger partial charge >= 0.3 is 0 Å². The zero-order valence-electron chi connectivity index (χ0n) is 11.3. The van der Waals surface area contributed by atoms with E-state index in [0.29, 0.717) is 6.42 Å². The molecular formula is C14H22O5. The van der Waals surface area contributed by atoms with Crippen molar-refractivity contribution in [3.8, 4) is 0 Å². The summed E-state index contributed by atoms with van der Waals surface area (Å²) in [5, 5.41) is 30.2. The van der Waals surface area contributed by atoms with Gasteiger partial charge < -0.3 is 15.3 Å². The van der Waals surface area contributed by atoms with Crippen molar-refractivity contribution in [2.24, 2.45) is 23.7 Å². The SMILES string of the molecule is C[C@@H]1CC(=O)C[C@H](C2C(=O)C[C@@H](C)[C@H](O)C2O)[C@H]1O. The molecule has 2 aliphatic rings. The number of ketones is 2. The number of Topliss-reactive ketones (excluding diaryl/α,β-unsaturated/α-hetero) is 2. The largest absolute Gasteiger partial charge is 0.393 e. The highest BCUT2D eigenvalue weighted by Crippen LogP contribution is 2.39. The number of rotatable bonds is 1. The van der Waals surface area contributed by atoms with Crippen LogP contribution in [0.1, 0.15) is 33.1 Å². The summed E-state index contributed by atoms with van der Waals surface area (Å²) in [5.41, 5.74) is 0. The summed E-state index contributed by atoms with van der Waals surface area (Å²) >= 11 is 0. The molecule has 2 rings (SSSR count). The average molecular weight is 270 g/mol. The lowest BCUT2D eigenvalue weighted by atomic mass is 9.65. The lowest BCUT2D eigenvalue weighted by Crippen LogP contribution is -2.54. The van der Waals surface area contributed by atoms with Crippen LogP contribution < -0.4 is 0 Å². The summed E-state index contributed by atoms with van der Waals surface area (Å²) < 4.78 is 0. The Kier molecular flexibility index (Phi) is 4.08. The van der Waals surface area contributed by atoms with Crippen LogP contribution in [0.4, 0.5) is 0 Å². The summed E-state index contributed by atoms with van der Waals surface area (Å²) in [6, 6.07) is 0. The van der Waals surface area contributed by atoms with Crippen molar-refractivity contribution in [1.29, 1.82) is 0 Å². The molecule has 19 heavy (non-hydrogen) atoms. The van der Waals surface area contributed by atoms with Crippen LogP contribution in [0, 0.1) is 23.7 Å². The average Bonchev–Trinajstić information content (AvgIpc) is 2.32. The summed E-state index contributed by atoms with van der Waals surface area (Å²) in [5.74, 6) is -2.03. The van der Waals surface area contributed by atoms with E-state index in [-0.39, 0.29) is 36.2 Å². The number of hydrogen-bond donors (Lipinski definition) is 3. The minimum Gasteiger partial charge on any atom is -0.393 e. The Morgan fingerprint density at radius 1 is 0.842 bits per heavy atom. The van der Waals surface area contributed by atoms with Crippen molar-refractivity contribution < 1.29 is 24.9 Å². The fourth-order valence-corrected chi connectivity index (χ4v) is 3.51. The van der Waals surface area contributed by atoms with Crippen molar-refractivity contribution in [3.05, 3.63) is 0 Å². The number of hydrogen-bond acceptors (Lipinski definition) is 5. The molecule has 0 saturated heterocycles. The summed E-state index contributed by atoms with van der Waals surface area (Å²) in [6.07, 6.45) is -2.32. The Hall–Kier alpha value is -0.780. The normalized spacial score (nSPS) is 48.4. The molecule has 3 N–H and O–H groups in total. The predicted molar refractivity (Wildman–Crippen MR) is 67.2 cm³/mol. The van der Waals surface area contributed by atoms with E-state index in [2.05, 4.69) is 0 Å². The molecule has 0 bridgehead atoms. The van der Waals surface area contributed by atoms with E-state index >= 15 is 0 Å². The zero-order valence-corrected chi connectivity index (χ0v) is 11.3. The minimum absolute atomic E-state index is 0.0101. The first-order chi connectivity index (χ1) is 8.82. The van der Waals surface area contributed by atoms with Crippen molar-refractivity contribution in [2.75, 3.05) is 0 Å². The quantitative estimate of drug-likeness (QED) is 0.619. The van der Waals surface area contributed by atoms with Gasteiger partial charge in [0.2, 0.25) is 0 Å². The van der Waals surface area contributed by atoms with Gasteiger partial charge in [0, 0.05) is 25.2 Å². The van der Waals surface area contributed by atoms with Crippen LogP contribution >= 0.6 is 0 Å². The van der Waals surface area contributed by atoms with Crippen LogP contribution in [0.5, 0.6) is 0 Å². The Morgan fingerprint density at radius 3 is 2.05 bits per heavy atom. The van der Waals surface area contributed by atoms with E-state index in [0.717, 1.165) is 0 Å². The van der Waals surface area contributed by atoms with E-state index in [1.54, 1.807) is 13.8 Å². The molecule has 2 unspecified atom stereocenters. The molecule has 2 saturated carbocycles. The minimum atomic E-state index is -1.19. The molecule has 7 atom stereocenters. The molecular weight excluding hydrogens is 248 g/mol. The third-order valence-electron chi connectivity index (χ3n) is 4.69. The third-order valence-corrected chi connectivity index (χ3v) is 4.69.